The third-order valence-corrected chi connectivity index (χ3v) is 3.68. The van der Waals surface area contributed by atoms with Crippen molar-refractivity contribution in [3.8, 4) is 0 Å². The molecule has 5 nitrogen and oxygen atoms in total. The van der Waals surface area contributed by atoms with Gasteiger partial charge in [0.1, 0.15) is 0 Å². The van der Waals surface area contributed by atoms with Crippen LogP contribution in [0.4, 0.5) is 4.79 Å². The SMILES string of the molecule is CCC1CCCN1C(=O)N(CC)C(C)CC(=O)O. The van der Waals surface area contributed by atoms with Crippen LogP contribution in [0, 0.1) is 0 Å². The second-order valence-electron chi connectivity index (χ2n) is 4.91. The number of amides is 2. The number of carboxylic acids is 1. The van der Waals surface area contributed by atoms with Gasteiger partial charge >= 0.3 is 12.0 Å². The Morgan fingerprint density at radius 2 is 2.11 bits per heavy atom. The maximum atomic E-state index is 12.4. The minimum atomic E-state index is -0.859. The molecule has 0 bridgehead atoms. The van der Waals surface area contributed by atoms with Crippen LogP contribution in [0.2, 0.25) is 0 Å². The highest BCUT2D eigenvalue weighted by Crippen LogP contribution is 2.22. The summed E-state index contributed by atoms with van der Waals surface area (Å²) in [6.45, 7) is 7.14. The lowest BCUT2D eigenvalue weighted by atomic mass is 10.1. The Bertz CT molecular complexity index is 307. The molecule has 1 aliphatic heterocycles. The maximum absolute atomic E-state index is 12.4. The van der Waals surface area contributed by atoms with E-state index in [-0.39, 0.29) is 18.5 Å². The fourth-order valence-corrected chi connectivity index (χ4v) is 2.68. The van der Waals surface area contributed by atoms with Gasteiger partial charge in [0, 0.05) is 25.2 Å². The molecule has 2 atom stereocenters. The number of carboxylic acid groups (broad SMARTS) is 1. The Labute approximate surface area is 109 Å². The lowest BCUT2D eigenvalue weighted by Gasteiger charge is -2.34. The largest absolute Gasteiger partial charge is 0.481 e. The molecule has 1 rings (SSSR count). The summed E-state index contributed by atoms with van der Waals surface area (Å²) >= 11 is 0. The molecule has 0 saturated carbocycles. The zero-order valence-corrected chi connectivity index (χ0v) is 11.6. The summed E-state index contributed by atoms with van der Waals surface area (Å²) in [5.74, 6) is -0.859. The molecule has 0 spiro atoms. The van der Waals surface area contributed by atoms with E-state index in [9.17, 15) is 9.59 Å². The number of nitrogens with zero attached hydrogens (tertiary/aromatic N) is 2. The highest BCUT2D eigenvalue weighted by atomic mass is 16.4. The molecule has 1 heterocycles. The maximum Gasteiger partial charge on any atom is 0.320 e. The summed E-state index contributed by atoms with van der Waals surface area (Å²) in [6.07, 6.45) is 3.09. The molecule has 1 N–H and O–H groups in total. The summed E-state index contributed by atoms with van der Waals surface area (Å²) in [4.78, 5) is 26.7. The third kappa shape index (κ3) is 3.37. The Hall–Kier alpha value is -1.26. The van der Waals surface area contributed by atoms with E-state index >= 15 is 0 Å². The van der Waals surface area contributed by atoms with Gasteiger partial charge in [-0.25, -0.2) is 4.79 Å². The van der Waals surface area contributed by atoms with E-state index in [1.54, 1.807) is 11.8 Å². The second-order valence-corrected chi connectivity index (χ2v) is 4.91. The first-order chi connectivity index (χ1) is 8.51. The van der Waals surface area contributed by atoms with Crippen LogP contribution in [0.3, 0.4) is 0 Å². The van der Waals surface area contributed by atoms with Crippen molar-refractivity contribution in [2.24, 2.45) is 0 Å². The monoisotopic (exact) mass is 256 g/mol. The predicted octanol–water partition coefficient (Wildman–Crippen LogP) is 2.17. The van der Waals surface area contributed by atoms with Crippen LogP contribution in [0.5, 0.6) is 0 Å². The van der Waals surface area contributed by atoms with E-state index in [0.29, 0.717) is 12.6 Å². The molecule has 2 unspecified atom stereocenters. The molecule has 2 amide bonds. The zero-order chi connectivity index (χ0) is 13.7. The van der Waals surface area contributed by atoms with Crippen LogP contribution in [0.25, 0.3) is 0 Å². The zero-order valence-electron chi connectivity index (χ0n) is 11.6. The summed E-state index contributed by atoms with van der Waals surface area (Å²) < 4.78 is 0. The molecule has 0 aromatic carbocycles. The first-order valence-corrected chi connectivity index (χ1v) is 6.80. The van der Waals surface area contributed by atoms with Gasteiger partial charge in [-0.2, -0.15) is 0 Å². The first kappa shape index (κ1) is 14.8. The van der Waals surface area contributed by atoms with Gasteiger partial charge in [0.2, 0.25) is 0 Å². The molecular formula is C13H24N2O3. The number of urea groups is 1. The fraction of sp³-hybridized carbons (Fsp3) is 0.846. The highest BCUT2D eigenvalue weighted by molar-refractivity contribution is 5.76. The predicted molar refractivity (Wildman–Crippen MR) is 69.5 cm³/mol. The number of carbonyl (C=O) groups excluding carboxylic acids is 1. The van der Waals surface area contributed by atoms with Gasteiger partial charge in [-0.1, -0.05) is 6.92 Å². The molecule has 5 heteroatoms. The van der Waals surface area contributed by atoms with E-state index in [2.05, 4.69) is 6.92 Å². The minimum absolute atomic E-state index is 0.00407. The quantitative estimate of drug-likeness (QED) is 0.820. The lowest BCUT2D eigenvalue weighted by molar-refractivity contribution is -0.138. The Morgan fingerprint density at radius 3 is 2.61 bits per heavy atom. The lowest BCUT2D eigenvalue weighted by Crippen LogP contribution is -2.49. The van der Waals surface area contributed by atoms with Crippen molar-refractivity contribution in [3.63, 3.8) is 0 Å². The van der Waals surface area contributed by atoms with Crippen LogP contribution in [-0.2, 0) is 4.79 Å². The average Bonchev–Trinajstić information content (AvgIpc) is 2.76. The molecule has 0 radical (unpaired) electrons. The van der Waals surface area contributed by atoms with Gasteiger partial charge < -0.3 is 14.9 Å². The van der Waals surface area contributed by atoms with Crippen molar-refractivity contribution >= 4 is 12.0 Å². The number of likely N-dealkylation sites (tertiary alicyclic amines) is 1. The molecule has 1 aliphatic rings. The normalized spacial score (nSPS) is 20.8. The van der Waals surface area contributed by atoms with Crippen LogP contribution >= 0.6 is 0 Å². The van der Waals surface area contributed by atoms with Gasteiger partial charge in [0.25, 0.3) is 0 Å². The number of carbonyl (C=O) groups is 2. The van der Waals surface area contributed by atoms with Gasteiger partial charge in [-0.3, -0.25) is 4.79 Å². The number of hydrogen-bond donors (Lipinski definition) is 1. The van der Waals surface area contributed by atoms with Crippen LogP contribution in [0.1, 0.15) is 46.5 Å². The van der Waals surface area contributed by atoms with Crippen molar-refractivity contribution in [1.82, 2.24) is 9.80 Å². The van der Waals surface area contributed by atoms with Crippen LogP contribution < -0.4 is 0 Å². The summed E-state index contributed by atoms with van der Waals surface area (Å²) in [6, 6.07) is 0.0669. The Balaban J connectivity index is 2.69. The highest BCUT2D eigenvalue weighted by Gasteiger charge is 2.32. The third-order valence-electron chi connectivity index (χ3n) is 3.68. The number of aliphatic carboxylic acids is 1. The van der Waals surface area contributed by atoms with Crippen molar-refractivity contribution in [2.75, 3.05) is 13.1 Å². The molecule has 0 aromatic heterocycles. The van der Waals surface area contributed by atoms with Crippen molar-refractivity contribution in [1.29, 1.82) is 0 Å². The molecule has 1 saturated heterocycles. The summed E-state index contributed by atoms with van der Waals surface area (Å²) in [7, 11) is 0. The van der Waals surface area contributed by atoms with Gasteiger partial charge in [0.05, 0.1) is 6.42 Å². The summed E-state index contributed by atoms with van der Waals surface area (Å²) in [5, 5.41) is 8.82. The average molecular weight is 256 g/mol. The second kappa shape index (κ2) is 6.61. The Morgan fingerprint density at radius 1 is 1.44 bits per heavy atom. The van der Waals surface area contributed by atoms with E-state index in [4.69, 9.17) is 5.11 Å². The van der Waals surface area contributed by atoms with Crippen molar-refractivity contribution < 1.29 is 14.7 Å². The Kier molecular flexibility index (Phi) is 5.44. The molecule has 104 valence electrons. The van der Waals surface area contributed by atoms with E-state index in [1.165, 1.54) is 0 Å². The van der Waals surface area contributed by atoms with Crippen molar-refractivity contribution in [3.05, 3.63) is 0 Å². The van der Waals surface area contributed by atoms with E-state index in [0.717, 1.165) is 25.8 Å². The molecule has 18 heavy (non-hydrogen) atoms. The summed E-state index contributed by atoms with van der Waals surface area (Å²) in [5.41, 5.74) is 0. The number of hydrogen-bond acceptors (Lipinski definition) is 2. The van der Waals surface area contributed by atoms with Gasteiger partial charge in [-0.15, -0.1) is 0 Å². The van der Waals surface area contributed by atoms with Gasteiger partial charge in [-0.05, 0) is 33.1 Å². The number of rotatable bonds is 5. The molecule has 0 aromatic rings. The molecule has 1 fully saturated rings. The fourth-order valence-electron chi connectivity index (χ4n) is 2.68. The van der Waals surface area contributed by atoms with Crippen molar-refractivity contribution in [2.45, 2.75) is 58.5 Å². The van der Waals surface area contributed by atoms with E-state index < -0.39 is 5.97 Å². The van der Waals surface area contributed by atoms with Crippen LogP contribution in [-0.4, -0.2) is 52.1 Å². The van der Waals surface area contributed by atoms with E-state index in [1.807, 2.05) is 11.8 Å². The standard InChI is InChI=1S/C13H24N2O3/c1-4-11-7-6-8-15(11)13(18)14(5-2)10(3)9-12(16)17/h10-11H,4-9H2,1-3H3,(H,16,17). The van der Waals surface area contributed by atoms with Crippen LogP contribution in [0.15, 0.2) is 0 Å². The van der Waals surface area contributed by atoms with Gasteiger partial charge in [0.15, 0.2) is 0 Å². The minimum Gasteiger partial charge on any atom is -0.481 e. The smallest absolute Gasteiger partial charge is 0.320 e. The first-order valence-electron chi connectivity index (χ1n) is 6.80. The molecular weight excluding hydrogens is 232 g/mol. The topological polar surface area (TPSA) is 60.9 Å². The molecule has 0 aliphatic carbocycles.